The second kappa shape index (κ2) is 9.15. The molecular formula is C21H21ClN2O6. The van der Waals surface area contributed by atoms with Gasteiger partial charge in [0.25, 0.3) is 11.7 Å². The second-order valence-electron chi connectivity index (χ2n) is 6.45. The number of ether oxygens (including phenoxy) is 3. The Balaban J connectivity index is 2.22. The summed E-state index contributed by atoms with van der Waals surface area (Å²) in [6.45, 7) is 0.400. The number of aliphatic hydroxyl groups excluding tert-OH is 1. The van der Waals surface area contributed by atoms with Gasteiger partial charge in [0, 0.05) is 32.1 Å². The number of amides is 1. The number of rotatable bonds is 7. The predicted octanol–water partition coefficient (Wildman–Crippen LogP) is 2.82. The van der Waals surface area contributed by atoms with Gasteiger partial charge in [0.05, 0.1) is 43.0 Å². The molecule has 0 aliphatic carbocycles. The molecule has 158 valence electrons. The summed E-state index contributed by atoms with van der Waals surface area (Å²) in [5.74, 6) is -1.34. The Hall–Kier alpha value is -3.10. The lowest BCUT2D eigenvalue weighted by molar-refractivity contribution is -0.140. The smallest absolute Gasteiger partial charge is 0.295 e. The number of hydrogen-bond donors (Lipinski definition) is 1. The Kier molecular flexibility index (Phi) is 6.59. The van der Waals surface area contributed by atoms with Crippen LogP contribution in [0.1, 0.15) is 17.2 Å². The van der Waals surface area contributed by atoms with Gasteiger partial charge < -0.3 is 24.2 Å². The molecule has 1 aliphatic rings. The van der Waals surface area contributed by atoms with Crippen LogP contribution in [0.2, 0.25) is 5.02 Å². The fraction of sp³-hybridized carbons (Fsp3) is 0.286. The van der Waals surface area contributed by atoms with Crippen molar-refractivity contribution in [3.05, 3.63) is 58.4 Å². The van der Waals surface area contributed by atoms with E-state index in [-0.39, 0.29) is 35.1 Å². The summed E-state index contributed by atoms with van der Waals surface area (Å²) in [5, 5.41) is 11.4. The van der Waals surface area contributed by atoms with Crippen molar-refractivity contribution in [3.8, 4) is 11.5 Å². The van der Waals surface area contributed by atoms with E-state index >= 15 is 0 Å². The second-order valence-corrected chi connectivity index (χ2v) is 6.86. The third-order valence-corrected chi connectivity index (χ3v) is 5.12. The van der Waals surface area contributed by atoms with E-state index in [0.29, 0.717) is 11.3 Å². The normalized spacial score (nSPS) is 18.0. The summed E-state index contributed by atoms with van der Waals surface area (Å²) in [4.78, 5) is 31.0. The number of Topliss-reactive ketones (excluding diaryl/α,β-unsaturated/α-hetero) is 1. The topological polar surface area (TPSA) is 98.2 Å². The third kappa shape index (κ3) is 3.83. The molecule has 2 aromatic rings. The Morgan fingerprint density at radius 2 is 1.80 bits per heavy atom. The Morgan fingerprint density at radius 3 is 2.40 bits per heavy atom. The number of carbonyl (C=O) groups excluding carboxylic acids is 2. The molecule has 1 aliphatic heterocycles. The van der Waals surface area contributed by atoms with E-state index in [1.54, 1.807) is 24.5 Å². The van der Waals surface area contributed by atoms with Crippen molar-refractivity contribution in [2.24, 2.45) is 0 Å². The summed E-state index contributed by atoms with van der Waals surface area (Å²) in [5.41, 5.74) is 0.731. The highest BCUT2D eigenvalue weighted by atomic mass is 35.5. The quantitative estimate of drug-likeness (QED) is 0.408. The number of nitrogens with zero attached hydrogens (tertiary/aromatic N) is 2. The van der Waals surface area contributed by atoms with Crippen LogP contribution in [0.3, 0.4) is 0 Å². The number of hydrogen-bond acceptors (Lipinski definition) is 7. The first-order valence-electron chi connectivity index (χ1n) is 9.03. The van der Waals surface area contributed by atoms with Gasteiger partial charge in [-0.25, -0.2) is 0 Å². The van der Waals surface area contributed by atoms with E-state index in [0.717, 1.165) is 0 Å². The highest BCUT2D eigenvalue weighted by Crippen LogP contribution is 2.42. The van der Waals surface area contributed by atoms with Gasteiger partial charge in [-0.2, -0.15) is 0 Å². The summed E-state index contributed by atoms with van der Waals surface area (Å²) in [6, 6.07) is 5.48. The molecular weight excluding hydrogens is 412 g/mol. The number of aliphatic hydroxyl groups is 1. The average Bonchev–Trinajstić information content (AvgIpc) is 3.02. The van der Waals surface area contributed by atoms with Crippen molar-refractivity contribution in [1.29, 1.82) is 0 Å². The van der Waals surface area contributed by atoms with Crippen LogP contribution < -0.4 is 9.47 Å². The molecule has 1 N–H and O–H groups in total. The largest absolute Gasteiger partial charge is 0.507 e. The lowest BCUT2D eigenvalue weighted by atomic mass is 9.95. The van der Waals surface area contributed by atoms with Crippen molar-refractivity contribution in [2.75, 3.05) is 34.5 Å². The van der Waals surface area contributed by atoms with Crippen LogP contribution in [0.4, 0.5) is 0 Å². The fourth-order valence-electron chi connectivity index (χ4n) is 3.38. The van der Waals surface area contributed by atoms with Crippen molar-refractivity contribution in [3.63, 3.8) is 0 Å². The van der Waals surface area contributed by atoms with Crippen LogP contribution in [-0.2, 0) is 14.3 Å². The number of benzene rings is 1. The summed E-state index contributed by atoms with van der Waals surface area (Å²) < 4.78 is 15.6. The minimum Gasteiger partial charge on any atom is -0.507 e. The molecule has 1 fully saturated rings. The first-order valence-corrected chi connectivity index (χ1v) is 9.41. The Morgan fingerprint density at radius 1 is 1.13 bits per heavy atom. The van der Waals surface area contributed by atoms with E-state index in [4.69, 9.17) is 25.8 Å². The molecule has 1 saturated heterocycles. The van der Waals surface area contributed by atoms with Gasteiger partial charge >= 0.3 is 0 Å². The fourth-order valence-corrected chi connectivity index (χ4v) is 3.62. The van der Waals surface area contributed by atoms with Gasteiger partial charge in [-0.3, -0.25) is 14.6 Å². The first-order chi connectivity index (χ1) is 14.4. The molecule has 0 saturated carbocycles. The number of ketones is 1. The number of halogens is 1. The predicted molar refractivity (Wildman–Crippen MR) is 110 cm³/mol. The number of aromatic nitrogens is 1. The molecule has 0 spiro atoms. The summed E-state index contributed by atoms with van der Waals surface area (Å²) in [6.07, 6.45) is 3.10. The van der Waals surface area contributed by atoms with Crippen molar-refractivity contribution >= 4 is 29.1 Å². The van der Waals surface area contributed by atoms with Crippen molar-refractivity contribution in [1.82, 2.24) is 9.88 Å². The van der Waals surface area contributed by atoms with Crippen LogP contribution in [0.25, 0.3) is 5.76 Å². The average molecular weight is 433 g/mol. The zero-order valence-corrected chi connectivity index (χ0v) is 17.5. The van der Waals surface area contributed by atoms with Crippen LogP contribution in [0.15, 0.2) is 42.2 Å². The minimum atomic E-state index is -0.811. The Bertz CT molecular complexity index is 992. The lowest BCUT2D eigenvalue weighted by Gasteiger charge is -2.25. The highest BCUT2D eigenvalue weighted by Gasteiger charge is 2.46. The number of methoxy groups -OCH3 is 3. The molecule has 0 radical (unpaired) electrons. The van der Waals surface area contributed by atoms with Gasteiger partial charge in [0.1, 0.15) is 17.3 Å². The molecule has 3 rings (SSSR count). The maximum Gasteiger partial charge on any atom is 0.295 e. The van der Waals surface area contributed by atoms with Crippen LogP contribution >= 0.6 is 11.6 Å². The van der Waals surface area contributed by atoms with Crippen LogP contribution in [0, 0.1) is 0 Å². The van der Waals surface area contributed by atoms with Crippen molar-refractivity contribution in [2.45, 2.75) is 6.04 Å². The monoisotopic (exact) mass is 432 g/mol. The van der Waals surface area contributed by atoms with Crippen LogP contribution in [-0.4, -0.2) is 61.2 Å². The lowest BCUT2D eigenvalue weighted by Crippen LogP contribution is -2.32. The molecule has 30 heavy (non-hydrogen) atoms. The van der Waals surface area contributed by atoms with E-state index < -0.39 is 23.5 Å². The molecule has 1 aromatic carbocycles. The zero-order chi connectivity index (χ0) is 21.8. The maximum atomic E-state index is 12.9. The van der Waals surface area contributed by atoms with E-state index in [9.17, 15) is 14.7 Å². The maximum absolute atomic E-state index is 12.9. The standard InChI is InChI=1S/C21H21ClN2O6/c1-28-9-8-24-18(12-4-6-23-7-5-12)17(20(26)21(24)27)19(25)13-10-14(22)16(30-3)11-15(13)29-2/h4-7,10-11,18,25H,8-9H2,1-3H3/b19-17+. The number of carbonyl (C=O) groups is 2. The molecule has 2 heterocycles. The number of likely N-dealkylation sites (tertiary alicyclic amines) is 1. The third-order valence-electron chi connectivity index (χ3n) is 4.83. The van der Waals surface area contributed by atoms with E-state index in [1.165, 1.54) is 38.4 Å². The van der Waals surface area contributed by atoms with E-state index in [1.807, 2.05) is 0 Å². The number of pyridine rings is 1. The molecule has 0 bridgehead atoms. The zero-order valence-electron chi connectivity index (χ0n) is 16.7. The molecule has 1 aromatic heterocycles. The SMILES string of the molecule is COCCN1C(=O)C(=O)/C(=C(/O)c2cc(Cl)c(OC)cc2OC)C1c1ccncc1. The summed E-state index contributed by atoms with van der Waals surface area (Å²) >= 11 is 6.22. The van der Waals surface area contributed by atoms with Crippen molar-refractivity contribution < 1.29 is 28.9 Å². The van der Waals surface area contributed by atoms with Gasteiger partial charge in [0.15, 0.2) is 0 Å². The first kappa shape index (κ1) is 21.6. The minimum absolute atomic E-state index is 0.0677. The molecule has 8 nitrogen and oxygen atoms in total. The van der Waals surface area contributed by atoms with Crippen LogP contribution in [0.5, 0.6) is 11.5 Å². The van der Waals surface area contributed by atoms with Gasteiger partial charge in [-0.1, -0.05) is 11.6 Å². The highest BCUT2D eigenvalue weighted by molar-refractivity contribution is 6.46. The van der Waals surface area contributed by atoms with Gasteiger partial charge in [-0.15, -0.1) is 0 Å². The van der Waals surface area contributed by atoms with E-state index in [2.05, 4.69) is 4.98 Å². The van der Waals surface area contributed by atoms with Gasteiger partial charge in [0.2, 0.25) is 0 Å². The Labute approximate surface area is 178 Å². The molecule has 1 amide bonds. The molecule has 1 unspecified atom stereocenters. The summed E-state index contributed by atoms with van der Waals surface area (Å²) in [7, 11) is 4.37. The molecule has 1 atom stereocenters. The molecule has 9 heteroatoms. The van der Waals surface area contributed by atoms with Gasteiger partial charge in [-0.05, 0) is 23.8 Å².